The molecule has 0 radical (unpaired) electrons. The Hall–Kier alpha value is -1.36. The van der Waals surface area contributed by atoms with Gasteiger partial charge in [0, 0.05) is 0 Å². The number of methoxy groups -OCH3 is 1. The molecule has 0 aliphatic rings. The summed E-state index contributed by atoms with van der Waals surface area (Å²) in [6.07, 6.45) is 0. The molecule has 0 aliphatic carbocycles. The number of benzene rings is 2. The van der Waals surface area contributed by atoms with Crippen LogP contribution in [0.15, 0.2) is 40.9 Å². The van der Waals surface area contributed by atoms with Gasteiger partial charge in [0.25, 0.3) is 0 Å². The van der Waals surface area contributed by atoms with E-state index in [0.29, 0.717) is 6.54 Å². The van der Waals surface area contributed by atoms with Crippen molar-refractivity contribution >= 4 is 47.6 Å². The molecule has 20 heavy (non-hydrogen) atoms. The first-order valence-electron chi connectivity index (χ1n) is 6.05. The van der Waals surface area contributed by atoms with Crippen molar-refractivity contribution in [3.63, 3.8) is 0 Å². The summed E-state index contributed by atoms with van der Waals surface area (Å²) in [5, 5.41) is 3.42. The summed E-state index contributed by atoms with van der Waals surface area (Å²) in [6.45, 7) is 0.682. The molecule has 0 amide bonds. The van der Waals surface area contributed by atoms with E-state index in [2.05, 4.69) is 35.3 Å². The predicted molar refractivity (Wildman–Crippen MR) is 84.5 cm³/mol. The third-order valence-corrected chi connectivity index (χ3v) is 4.63. The summed E-state index contributed by atoms with van der Waals surface area (Å²) in [4.78, 5) is 0. The Balaban J connectivity index is 1.86. The molecule has 102 valence electrons. The van der Waals surface area contributed by atoms with E-state index in [9.17, 15) is 0 Å². The molecule has 4 nitrogen and oxygen atoms in total. The van der Waals surface area contributed by atoms with Gasteiger partial charge in [0.05, 0.1) is 0 Å². The van der Waals surface area contributed by atoms with Crippen molar-refractivity contribution < 1.29 is 4.74 Å². The molecule has 0 saturated heterocycles. The van der Waals surface area contributed by atoms with E-state index in [4.69, 9.17) is 4.74 Å². The number of nitrogens with zero attached hydrogens (tertiary/aromatic N) is 2. The third kappa shape index (κ3) is 2.73. The molecule has 6 heteroatoms. The minimum absolute atomic E-state index is 0.00637. The molecular formula is C14H12BrN3OSe. The van der Waals surface area contributed by atoms with E-state index >= 15 is 0 Å². The van der Waals surface area contributed by atoms with Gasteiger partial charge in [-0.3, -0.25) is 0 Å². The first-order valence-corrected chi connectivity index (χ1v) is 8.38. The number of hydrogen-bond donors (Lipinski definition) is 1. The molecule has 1 heterocycles. The number of hydrogen-bond acceptors (Lipinski definition) is 4. The zero-order valence-electron chi connectivity index (χ0n) is 10.8. The molecule has 3 rings (SSSR count). The second-order valence-electron chi connectivity index (χ2n) is 4.25. The fourth-order valence-corrected chi connectivity index (χ4v) is 3.59. The Morgan fingerprint density at radius 3 is 3.00 bits per heavy atom. The summed E-state index contributed by atoms with van der Waals surface area (Å²) >= 11 is 3.48. The number of fused-ring (bicyclic) bond motifs is 1. The second-order valence-corrected chi connectivity index (χ2v) is 6.27. The maximum absolute atomic E-state index is 5.38. The van der Waals surface area contributed by atoms with Crippen LogP contribution in [0, 0.1) is 0 Å². The zero-order valence-corrected chi connectivity index (χ0v) is 14.1. The van der Waals surface area contributed by atoms with Gasteiger partial charge in [-0.2, -0.15) is 0 Å². The standard InChI is InChI=1S/C14H12BrN3OSe/c1-19-13-6-5-10(15)7-9(13)8-16-11-3-2-4-12-14(11)18-20-17-12/h2-7,16H,8H2,1H3. The number of aromatic nitrogens is 2. The average molecular weight is 397 g/mol. The molecule has 0 spiro atoms. The molecule has 0 bridgehead atoms. The number of ether oxygens (including phenoxy) is 1. The van der Waals surface area contributed by atoms with Crippen LogP contribution in [0.4, 0.5) is 5.69 Å². The summed E-state index contributed by atoms with van der Waals surface area (Å²) in [5.41, 5.74) is 4.07. The van der Waals surface area contributed by atoms with Crippen LogP contribution in [0.2, 0.25) is 0 Å². The fourth-order valence-electron chi connectivity index (χ4n) is 2.02. The molecule has 1 aromatic heterocycles. The number of rotatable bonds is 4. The molecule has 2 aromatic carbocycles. The van der Waals surface area contributed by atoms with Crippen molar-refractivity contribution in [2.24, 2.45) is 0 Å². The van der Waals surface area contributed by atoms with Crippen LogP contribution in [0.1, 0.15) is 5.56 Å². The van der Waals surface area contributed by atoms with Crippen molar-refractivity contribution in [2.45, 2.75) is 6.54 Å². The molecule has 0 unspecified atom stereocenters. The van der Waals surface area contributed by atoms with E-state index in [-0.39, 0.29) is 15.0 Å². The quantitative estimate of drug-likeness (QED) is 0.688. The van der Waals surface area contributed by atoms with Gasteiger partial charge in [-0.25, -0.2) is 0 Å². The summed E-state index contributed by atoms with van der Waals surface area (Å²) in [7, 11) is 1.68. The van der Waals surface area contributed by atoms with Gasteiger partial charge in [0.15, 0.2) is 0 Å². The van der Waals surface area contributed by atoms with Crippen LogP contribution in [0.25, 0.3) is 11.0 Å². The maximum atomic E-state index is 5.38. The van der Waals surface area contributed by atoms with Crippen LogP contribution in [0.3, 0.4) is 0 Å². The number of anilines is 1. The van der Waals surface area contributed by atoms with Gasteiger partial charge in [0.1, 0.15) is 0 Å². The Morgan fingerprint density at radius 2 is 2.15 bits per heavy atom. The van der Waals surface area contributed by atoms with Crippen LogP contribution < -0.4 is 10.1 Å². The fraction of sp³-hybridized carbons (Fsp3) is 0.143. The molecule has 0 aliphatic heterocycles. The van der Waals surface area contributed by atoms with Crippen molar-refractivity contribution in [1.82, 2.24) is 7.96 Å². The predicted octanol–water partition coefficient (Wildman–Crippen LogP) is 3.07. The van der Waals surface area contributed by atoms with E-state index in [1.165, 1.54) is 0 Å². The van der Waals surface area contributed by atoms with Gasteiger partial charge < -0.3 is 0 Å². The molecule has 0 saturated carbocycles. The summed E-state index contributed by atoms with van der Waals surface area (Å²) < 4.78 is 15.3. The Bertz CT molecular complexity index is 744. The molecule has 1 N–H and O–H groups in total. The van der Waals surface area contributed by atoms with Crippen LogP contribution in [0.5, 0.6) is 5.75 Å². The monoisotopic (exact) mass is 397 g/mol. The number of halogens is 1. The normalized spacial score (nSPS) is 10.7. The van der Waals surface area contributed by atoms with Gasteiger partial charge >= 0.3 is 131 Å². The first kappa shape index (κ1) is 13.6. The van der Waals surface area contributed by atoms with Crippen molar-refractivity contribution in [2.75, 3.05) is 12.4 Å². The van der Waals surface area contributed by atoms with E-state index < -0.39 is 0 Å². The minimum atomic E-state index is -0.00637. The Kier molecular flexibility index (Phi) is 4.05. The van der Waals surface area contributed by atoms with Crippen LogP contribution in [-0.2, 0) is 6.54 Å². The SMILES string of the molecule is COc1ccc(Br)cc1CNc1cccc2n[se]nc12. The summed E-state index contributed by atoms with van der Waals surface area (Å²) in [5.74, 6) is 0.874. The topological polar surface area (TPSA) is 47.0 Å². The molecule has 3 aromatic rings. The van der Waals surface area contributed by atoms with Crippen LogP contribution in [-0.4, -0.2) is 30.0 Å². The van der Waals surface area contributed by atoms with Crippen molar-refractivity contribution in [3.8, 4) is 5.75 Å². The van der Waals surface area contributed by atoms with Crippen LogP contribution >= 0.6 is 15.9 Å². The van der Waals surface area contributed by atoms with E-state index in [1.54, 1.807) is 7.11 Å². The van der Waals surface area contributed by atoms with Gasteiger partial charge in [-0.15, -0.1) is 0 Å². The summed E-state index contributed by atoms with van der Waals surface area (Å²) in [6, 6.07) is 12.0. The molecule has 0 fully saturated rings. The molecular weight excluding hydrogens is 385 g/mol. The second kappa shape index (κ2) is 5.95. The Morgan fingerprint density at radius 1 is 1.25 bits per heavy atom. The average Bonchev–Trinajstić information content (AvgIpc) is 2.94. The van der Waals surface area contributed by atoms with Gasteiger partial charge in [0.2, 0.25) is 0 Å². The zero-order chi connectivity index (χ0) is 13.9. The van der Waals surface area contributed by atoms with Crippen molar-refractivity contribution in [1.29, 1.82) is 0 Å². The first-order chi connectivity index (χ1) is 9.78. The number of nitrogens with one attached hydrogen (secondary N) is 1. The van der Waals surface area contributed by atoms with E-state index in [0.717, 1.165) is 32.5 Å². The Labute approximate surface area is 131 Å². The van der Waals surface area contributed by atoms with Gasteiger partial charge in [-0.1, -0.05) is 0 Å². The van der Waals surface area contributed by atoms with Crippen molar-refractivity contribution in [3.05, 3.63) is 46.4 Å². The third-order valence-electron chi connectivity index (χ3n) is 3.00. The molecule has 0 atom stereocenters. The van der Waals surface area contributed by atoms with Gasteiger partial charge in [-0.05, 0) is 0 Å². The van der Waals surface area contributed by atoms with E-state index in [1.807, 2.05) is 30.3 Å².